The summed E-state index contributed by atoms with van der Waals surface area (Å²) in [5.41, 5.74) is 0.0795. The molecule has 5 heteroatoms. The number of hydrogen-bond donors (Lipinski definition) is 2. The summed E-state index contributed by atoms with van der Waals surface area (Å²) in [7, 11) is 0. The molecule has 0 heterocycles. The monoisotopic (exact) mass is 196 g/mol. The molecule has 2 N–H and O–H groups in total. The normalized spacial score (nSPS) is 9.21. The molecule has 74 valence electrons. The summed E-state index contributed by atoms with van der Waals surface area (Å²) in [4.78, 5) is 20.9. The first-order chi connectivity index (χ1) is 6.74. The van der Waals surface area contributed by atoms with E-state index in [9.17, 15) is 14.0 Å². The number of hydrogen-bond acceptors (Lipinski definition) is 2. The van der Waals surface area contributed by atoms with Crippen LogP contribution in [-0.2, 0) is 4.79 Å². The van der Waals surface area contributed by atoms with Gasteiger partial charge in [-0.2, -0.15) is 0 Å². The first kappa shape index (κ1) is 10.2. The Hall–Kier alpha value is -1.91. The van der Waals surface area contributed by atoms with E-state index >= 15 is 0 Å². The van der Waals surface area contributed by atoms with Crippen molar-refractivity contribution in [2.45, 2.75) is 0 Å². The zero-order chi connectivity index (χ0) is 10.4. The number of halogens is 1. The minimum atomic E-state index is -0.609. The average Bonchev–Trinajstić information content (AvgIpc) is 2.18. The highest BCUT2D eigenvalue weighted by Crippen LogP contribution is 2.11. The first-order valence-electron chi connectivity index (χ1n) is 3.97. The Morgan fingerprint density at radius 3 is 2.79 bits per heavy atom. The fourth-order valence-electron chi connectivity index (χ4n) is 0.863. The smallest absolute Gasteiger partial charge is 0.319 e. The van der Waals surface area contributed by atoms with Gasteiger partial charge in [0.1, 0.15) is 12.1 Å². The molecule has 0 radical (unpaired) electrons. The van der Waals surface area contributed by atoms with Gasteiger partial charge in [0.2, 0.25) is 0 Å². The van der Waals surface area contributed by atoms with E-state index < -0.39 is 11.8 Å². The summed E-state index contributed by atoms with van der Waals surface area (Å²) in [5.74, 6) is -0.520. The Labute approximate surface area is 80.1 Å². The van der Waals surface area contributed by atoms with Gasteiger partial charge in [0.25, 0.3) is 0 Å². The molecule has 0 fully saturated rings. The minimum Gasteiger partial charge on any atom is -0.331 e. The van der Waals surface area contributed by atoms with Crippen molar-refractivity contribution in [2.24, 2.45) is 0 Å². The molecule has 0 saturated carbocycles. The van der Waals surface area contributed by atoms with Crippen molar-refractivity contribution >= 4 is 18.0 Å². The number of nitrogens with one attached hydrogen (secondary N) is 2. The van der Waals surface area contributed by atoms with Gasteiger partial charge in [-0.15, -0.1) is 0 Å². The minimum absolute atomic E-state index is 0.0795. The molecule has 2 amide bonds. The van der Waals surface area contributed by atoms with Crippen LogP contribution in [-0.4, -0.2) is 18.9 Å². The van der Waals surface area contributed by atoms with E-state index in [0.29, 0.717) is 6.29 Å². The quantitative estimate of drug-likeness (QED) is 0.712. The van der Waals surface area contributed by atoms with E-state index in [4.69, 9.17) is 0 Å². The SMILES string of the molecule is O=CCNC(=O)Nc1ccccc1F. The van der Waals surface area contributed by atoms with Crippen LogP contribution in [0.3, 0.4) is 0 Å². The standard InChI is InChI=1S/C9H9FN2O2/c10-7-3-1-2-4-8(7)12-9(14)11-5-6-13/h1-4,6H,5H2,(H2,11,12,14). The van der Waals surface area contributed by atoms with E-state index in [-0.39, 0.29) is 12.2 Å². The molecule has 0 bridgehead atoms. The lowest BCUT2D eigenvalue weighted by atomic mass is 10.3. The van der Waals surface area contributed by atoms with Crippen LogP contribution >= 0.6 is 0 Å². The maximum atomic E-state index is 13.0. The fraction of sp³-hybridized carbons (Fsp3) is 0.111. The lowest BCUT2D eigenvalue weighted by Crippen LogP contribution is -2.30. The summed E-state index contributed by atoms with van der Waals surface area (Å²) in [6.07, 6.45) is 0.543. The van der Waals surface area contributed by atoms with Crippen LogP contribution in [0.1, 0.15) is 0 Å². The van der Waals surface area contributed by atoms with E-state index in [0.717, 1.165) is 0 Å². The van der Waals surface area contributed by atoms with Crippen LogP contribution in [0.2, 0.25) is 0 Å². The number of carbonyl (C=O) groups is 2. The highest BCUT2D eigenvalue weighted by molar-refractivity contribution is 5.90. The van der Waals surface area contributed by atoms with Crippen LogP contribution < -0.4 is 10.6 Å². The summed E-state index contributed by atoms with van der Waals surface area (Å²) in [6, 6.07) is 5.16. The molecule has 0 spiro atoms. The molecular formula is C9H9FN2O2. The van der Waals surface area contributed by atoms with Crippen LogP contribution in [0.4, 0.5) is 14.9 Å². The summed E-state index contributed by atoms with van der Waals surface area (Å²) in [5, 5.41) is 4.48. The van der Waals surface area contributed by atoms with E-state index in [2.05, 4.69) is 10.6 Å². The number of amides is 2. The average molecular weight is 196 g/mol. The third-order valence-corrected chi connectivity index (χ3v) is 1.47. The van der Waals surface area contributed by atoms with Gasteiger partial charge in [-0.1, -0.05) is 12.1 Å². The lowest BCUT2D eigenvalue weighted by Gasteiger charge is -2.05. The number of anilines is 1. The first-order valence-corrected chi connectivity index (χ1v) is 3.97. The van der Waals surface area contributed by atoms with Crippen molar-refractivity contribution in [3.8, 4) is 0 Å². The highest BCUT2D eigenvalue weighted by atomic mass is 19.1. The van der Waals surface area contributed by atoms with Gasteiger partial charge in [0.15, 0.2) is 0 Å². The van der Waals surface area contributed by atoms with Crippen LogP contribution in [0.5, 0.6) is 0 Å². The Kier molecular flexibility index (Phi) is 3.60. The van der Waals surface area contributed by atoms with Gasteiger partial charge in [-0.05, 0) is 12.1 Å². The maximum Gasteiger partial charge on any atom is 0.319 e. The van der Waals surface area contributed by atoms with Gasteiger partial charge < -0.3 is 15.4 Å². The third kappa shape index (κ3) is 2.85. The van der Waals surface area contributed by atoms with E-state index in [1.807, 2.05) is 0 Å². The molecule has 1 aromatic rings. The second-order valence-corrected chi connectivity index (χ2v) is 2.48. The molecule has 0 aliphatic heterocycles. The molecule has 0 aliphatic rings. The Morgan fingerprint density at radius 1 is 1.43 bits per heavy atom. The van der Waals surface area contributed by atoms with Gasteiger partial charge in [-0.3, -0.25) is 0 Å². The molecule has 14 heavy (non-hydrogen) atoms. The molecule has 1 aromatic carbocycles. The van der Waals surface area contributed by atoms with Crippen LogP contribution in [0.25, 0.3) is 0 Å². The van der Waals surface area contributed by atoms with Gasteiger partial charge >= 0.3 is 6.03 Å². The van der Waals surface area contributed by atoms with E-state index in [1.165, 1.54) is 18.2 Å². The van der Waals surface area contributed by atoms with Crippen LogP contribution in [0, 0.1) is 5.82 Å². The van der Waals surface area contributed by atoms with Crippen LogP contribution in [0.15, 0.2) is 24.3 Å². The fourth-order valence-corrected chi connectivity index (χ4v) is 0.863. The molecule has 0 atom stereocenters. The molecule has 0 saturated heterocycles. The van der Waals surface area contributed by atoms with Crippen molar-refractivity contribution in [3.63, 3.8) is 0 Å². The second kappa shape index (κ2) is 4.96. The molecular weight excluding hydrogens is 187 g/mol. The largest absolute Gasteiger partial charge is 0.331 e. The summed E-state index contributed by atoms with van der Waals surface area (Å²) in [6.45, 7) is -0.0969. The molecule has 0 unspecified atom stereocenters. The van der Waals surface area contributed by atoms with Gasteiger partial charge in [0.05, 0.1) is 12.2 Å². The van der Waals surface area contributed by atoms with Crippen molar-refractivity contribution in [2.75, 3.05) is 11.9 Å². The number of para-hydroxylation sites is 1. The third-order valence-electron chi connectivity index (χ3n) is 1.47. The van der Waals surface area contributed by atoms with Crippen molar-refractivity contribution < 1.29 is 14.0 Å². The molecule has 0 aromatic heterocycles. The Morgan fingerprint density at radius 2 is 2.14 bits per heavy atom. The molecule has 1 rings (SSSR count). The number of benzene rings is 1. The number of aldehydes is 1. The number of rotatable bonds is 3. The lowest BCUT2D eigenvalue weighted by molar-refractivity contribution is -0.107. The highest BCUT2D eigenvalue weighted by Gasteiger charge is 2.03. The number of urea groups is 1. The predicted octanol–water partition coefficient (Wildman–Crippen LogP) is 1.15. The summed E-state index contributed by atoms with van der Waals surface area (Å²) >= 11 is 0. The zero-order valence-corrected chi connectivity index (χ0v) is 7.29. The molecule has 0 aliphatic carbocycles. The Bertz CT molecular complexity index is 341. The maximum absolute atomic E-state index is 13.0. The van der Waals surface area contributed by atoms with Gasteiger partial charge in [-0.25, -0.2) is 9.18 Å². The topological polar surface area (TPSA) is 58.2 Å². The van der Waals surface area contributed by atoms with Crippen molar-refractivity contribution in [1.29, 1.82) is 0 Å². The second-order valence-electron chi connectivity index (χ2n) is 2.48. The molecule has 4 nitrogen and oxygen atoms in total. The van der Waals surface area contributed by atoms with Gasteiger partial charge in [0, 0.05) is 0 Å². The Balaban J connectivity index is 2.56. The van der Waals surface area contributed by atoms with Crippen molar-refractivity contribution in [1.82, 2.24) is 5.32 Å². The number of carbonyl (C=O) groups excluding carboxylic acids is 2. The summed E-state index contributed by atoms with van der Waals surface area (Å²) < 4.78 is 13.0. The van der Waals surface area contributed by atoms with Crippen molar-refractivity contribution in [3.05, 3.63) is 30.1 Å². The zero-order valence-electron chi connectivity index (χ0n) is 7.29. The predicted molar refractivity (Wildman–Crippen MR) is 49.5 cm³/mol. The van der Waals surface area contributed by atoms with E-state index in [1.54, 1.807) is 6.07 Å².